The molecule has 0 aliphatic carbocycles. The lowest BCUT2D eigenvalue weighted by Crippen LogP contribution is -2.42. The molecular weight excluding hydrogens is 240 g/mol. The molecule has 1 rings (SSSR count). The molecule has 2 amide bonds. The summed E-state index contributed by atoms with van der Waals surface area (Å²) < 4.78 is 5.14. The number of methoxy groups -OCH3 is 1. The third-order valence-electron chi connectivity index (χ3n) is 2.97. The van der Waals surface area contributed by atoms with Crippen LogP contribution in [0.25, 0.3) is 0 Å². The van der Waals surface area contributed by atoms with Gasteiger partial charge in [-0.15, -0.1) is 6.58 Å². The highest BCUT2D eigenvalue weighted by atomic mass is 16.5. The Hall–Kier alpha value is -1.97. The van der Waals surface area contributed by atoms with Crippen LogP contribution in [0, 0.1) is 0 Å². The SMILES string of the molecule is C=CCNC(=O)NCC(C)(C)c1ccc(OC)cc1. The van der Waals surface area contributed by atoms with Crippen molar-refractivity contribution in [2.45, 2.75) is 19.3 Å². The van der Waals surface area contributed by atoms with Gasteiger partial charge >= 0.3 is 6.03 Å². The van der Waals surface area contributed by atoms with Crippen molar-refractivity contribution in [3.8, 4) is 5.75 Å². The fraction of sp³-hybridized carbons (Fsp3) is 0.400. The zero-order valence-corrected chi connectivity index (χ0v) is 11.8. The number of hydrogen-bond acceptors (Lipinski definition) is 2. The van der Waals surface area contributed by atoms with Gasteiger partial charge < -0.3 is 15.4 Å². The maximum absolute atomic E-state index is 11.5. The van der Waals surface area contributed by atoms with Gasteiger partial charge in [-0.3, -0.25) is 0 Å². The van der Waals surface area contributed by atoms with E-state index in [4.69, 9.17) is 4.74 Å². The van der Waals surface area contributed by atoms with Crippen LogP contribution in [0.1, 0.15) is 19.4 Å². The first-order valence-electron chi connectivity index (χ1n) is 6.27. The molecule has 0 saturated heterocycles. The van der Waals surface area contributed by atoms with E-state index in [1.54, 1.807) is 13.2 Å². The van der Waals surface area contributed by atoms with Gasteiger partial charge in [0.25, 0.3) is 0 Å². The molecule has 0 aliphatic heterocycles. The van der Waals surface area contributed by atoms with Crippen molar-refractivity contribution in [3.05, 3.63) is 42.5 Å². The maximum atomic E-state index is 11.5. The smallest absolute Gasteiger partial charge is 0.315 e. The molecular formula is C15H22N2O2. The Kier molecular flexibility index (Phi) is 5.42. The van der Waals surface area contributed by atoms with E-state index in [2.05, 4.69) is 31.1 Å². The van der Waals surface area contributed by atoms with Crippen LogP contribution in [0.15, 0.2) is 36.9 Å². The van der Waals surface area contributed by atoms with Crippen LogP contribution in [0.3, 0.4) is 0 Å². The zero-order valence-electron chi connectivity index (χ0n) is 11.8. The summed E-state index contributed by atoms with van der Waals surface area (Å²) in [5, 5.41) is 5.54. The van der Waals surface area contributed by atoms with E-state index in [1.807, 2.05) is 24.3 Å². The van der Waals surface area contributed by atoms with E-state index in [9.17, 15) is 4.79 Å². The molecule has 0 bridgehead atoms. The molecule has 0 aromatic heterocycles. The van der Waals surface area contributed by atoms with Gasteiger partial charge in [-0.2, -0.15) is 0 Å². The molecule has 4 heteroatoms. The van der Waals surface area contributed by atoms with Crippen molar-refractivity contribution < 1.29 is 9.53 Å². The number of amides is 2. The van der Waals surface area contributed by atoms with Crippen molar-refractivity contribution in [3.63, 3.8) is 0 Å². The van der Waals surface area contributed by atoms with Crippen molar-refractivity contribution in [2.75, 3.05) is 20.2 Å². The minimum atomic E-state index is -0.179. The predicted octanol–water partition coefficient (Wildman–Crippen LogP) is 2.46. The Balaban J connectivity index is 2.58. The molecule has 0 radical (unpaired) electrons. The molecule has 0 unspecified atom stereocenters. The molecule has 1 aromatic carbocycles. The normalized spacial score (nSPS) is 10.7. The number of hydrogen-bond donors (Lipinski definition) is 2. The predicted molar refractivity (Wildman–Crippen MR) is 77.6 cm³/mol. The molecule has 0 spiro atoms. The topological polar surface area (TPSA) is 50.4 Å². The summed E-state index contributed by atoms with van der Waals surface area (Å²) in [5.74, 6) is 0.830. The molecule has 2 N–H and O–H groups in total. The maximum Gasteiger partial charge on any atom is 0.315 e. The Morgan fingerprint density at radius 2 is 1.95 bits per heavy atom. The quantitative estimate of drug-likeness (QED) is 0.774. The molecule has 104 valence electrons. The van der Waals surface area contributed by atoms with Crippen LogP contribution < -0.4 is 15.4 Å². The number of benzene rings is 1. The summed E-state index contributed by atoms with van der Waals surface area (Å²) in [6, 6.07) is 7.70. The van der Waals surface area contributed by atoms with E-state index in [1.165, 1.54) is 0 Å². The summed E-state index contributed by atoms with van der Waals surface area (Å²) in [5.41, 5.74) is 1.01. The van der Waals surface area contributed by atoms with E-state index in [0.29, 0.717) is 13.1 Å². The minimum absolute atomic E-state index is 0.141. The Labute approximate surface area is 114 Å². The van der Waals surface area contributed by atoms with E-state index in [0.717, 1.165) is 11.3 Å². The van der Waals surface area contributed by atoms with Gasteiger partial charge in [0.15, 0.2) is 0 Å². The average molecular weight is 262 g/mol. The molecule has 4 nitrogen and oxygen atoms in total. The van der Waals surface area contributed by atoms with Crippen molar-refractivity contribution in [2.24, 2.45) is 0 Å². The summed E-state index contributed by atoms with van der Waals surface area (Å²) in [6.45, 7) is 8.75. The highest BCUT2D eigenvalue weighted by molar-refractivity contribution is 5.74. The van der Waals surface area contributed by atoms with Crippen molar-refractivity contribution >= 4 is 6.03 Å². The number of urea groups is 1. The lowest BCUT2D eigenvalue weighted by Gasteiger charge is -2.25. The Morgan fingerprint density at radius 3 is 2.47 bits per heavy atom. The molecule has 1 aromatic rings. The Morgan fingerprint density at radius 1 is 1.32 bits per heavy atom. The third kappa shape index (κ3) is 4.66. The summed E-state index contributed by atoms with van der Waals surface area (Å²) >= 11 is 0. The van der Waals surface area contributed by atoms with E-state index in [-0.39, 0.29) is 11.4 Å². The molecule has 0 heterocycles. The van der Waals surface area contributed by atoms with Crippen molar-refractivity contribution in [1.29, 1.82) is 0 Å². The second kappa shape index (κ2) is 6.83. The molecule has 0 saturated carbocycles. The summed E-state index contributed by atoms with van der Waals surface area (Å²) in [4.78, 5) is 11.5. The number of rotatable bonds is 6. The number of ether oxygens (including phenoxy) is 1. The molecule has 19 heavy (non-hydrogen) atoms. The summed E-state index contributed by atoms with van der Waals surface area (Å²) in [7, 11) is 1.64. The first-order valence-corrected chi connectivity index (χ1v) is 6.27. The second-order valence-corrected chi connectivity index (χ2v) is 4.96. The standard InChI is InChI=1S/C15H22N2O2/c1-5-10-16-14(18)17-11-15(2,3)12-6-8-13(19-4)9-7-12/h5-9H,1,10-11H2,2-4H3,(H2,16,17,18). The van der Waals surface area contributed by atoms with Gasteiger partial charge in [-0.1, -0.05) is 32.1 Å². The third-order valence-corrected chi connectivity index (χ3v) is 2.97. The number of carbonyl (C=O) groups excluding carboxylic acids is 1. The van der Waals surface area contributed by atoms with Gasteiger partial charge in [0.1, 0.15) is 5.75 Å². The fourth-order valence-electron chi connectivity index (χ4n) is 1.67. The monoisotopic (exact) mass is 262 g/mol. The lowest BCUT2D eigenvalue weighted by atomic mass is 9.84. The van der Waals surface area contributed by atoms with Crippen LogP contribution in [-0.2, 0) is 5.41 Å². The summed E-state index contributed by atoms with van der Waals surface area (Å²) in [6.07, 6.45) is 1.65. The first kappa shape index (κ1) is 15.1. The van der Waals surface area contributed by atoms with E-state index < -0.39 is 0 Å². The molecule has 0 fully saturated rings. The Bertz CT molecular complexity index is 424. The van der Waals surface area contributed by atoms with Crippen molar-refractivity contribution in [1.82, 2.24) is 10.6 Å². The van der Waals surface area contributed by atoms with Crippen LogP contribution in [0.5, 0.6) is 5.75 Å². The van der Waals surface area contributed by atoms with Gasteiger partial charge in [-0.25, -0.2) is 4.79 Å². The van der Waals surface area contributed by atoms with Crippen LogP contribution in [-0.4, -0.2) is 26.2 Å². The van der Waals surface area contributed by atoms with Crippen LogP contribution >= 0.6 is 0 Å². The van der Waals surface area contributed by atoms with Crippen LogP contribution in [0.4, 0.5) is 4.79 Å². The lowest BCUT2D eigenvalue weighted by molar-refractivity contribution is 0.239. The number of carbonyl (C=O) groups is 1. The zero-order chi connectivity index (χ0) is 14.3. The van der Waals surface area contributed by atoms with Gasteiger partial charge in [0, 0.05) is 18.5 Å². The average Bonchev–Trinajstić information content (AvgIpc) is 2.43. The fourth-order valence-corrected chi connectivity index (χ4v) is 1.67. The van der Waals surface area contributed by atoms with Gasteiger partial charge in [0.05, 0.1) is 7.11 Å². The van der Waals surface area contributed by atoms with Gasteiger partial charge in [0.2, 0.25) is 0 Å². The second-order valence-electron chi connectivity index (χ2n) is 4.96. The van der Waals surface area contributed by atoms with E-state index >= 15 is 0 Å². The largest absolute Gasteiger partial charge is 0.497 e. The molecule has 0 aliphatic rings. The highest BCUT2D eigenvalue weighted by Gasteiger charge is 2.21. The van der Waals surface area contributed by atoms with Crippen LogP contribution in [0.2, 0.25) is 0 Å². The van der Waals surface area contributed by atoms with Gasteiger partial charge in [-0.05, 0) is 17.7 Å². The highest BCUT2D eigenvalue weighted by Crippen LogP contribution is 2.24. The first-order chi connectivity index (χ1) is 8.99. The molecule has 0 atom stereocenters. The number of nitrogens with one attached hydrogen (secondary N) is 2. The minimum Gasteiger partial charge on any atom is -0.497 e.